The van der Waals surface area contributed by atoms with Crippen molar-refractivity contribution in [1.82, 2.24) is 0 Å². The zero-order valence-corrected chi connectivity index (χ0v) is 8.89. The van der Waals surface area contributed by atoms with Crippen LogP contribution in [0.15, 0.2) is 0 Å². The minimum absolute atomic E-state index is 0. The van der Waals surface area contributed by atoms with E-state index in [2.05, 4.69) is 45.5 Å². The second kappa shape index (κ2) is 3.17. The van der Waals surface area contributed by atoms with Gasteiger partial charge in [0.05, 0.1) is 0 Å². The lowest BCUT2D eigenvalue weighted by atomic mass is 9.69. The average Bonchev–Trinajstić information content (AvgIpc) is 1.84. The van der Waals surface area contributed by atoms with Crippen molar-refractivity contribution in [2.45, 2.75) is 46.1 Å². The average molecular weight is 171 g/mol. The maximum Gasteiger partial charge on any atom is 0.161 e. The van der Waals surface area contributed by atoms with Crippen molar-refractivity contribution >= 4 is 6.21 Å². The van der Waals surface area contributed by atoms with Crippen LogP contribution in [0.1, 0.15) is 40.5 Å². The van der Waals surface area contributed by atoms with Gasteiger partial charge in [-0.1, -0.05) is 13.8 Å². The minimum Gasteiger partial charge on any atom is -0.870 e. The third-order valence-electron chi connectivity index (χ3n) is 3.71. The first kappa shape index (κ1) is 11.6. The van der Waals surface area contributed by atoms with Crippen LogP contribution in [0.25, 0.3) is 0 Å². The van der Waals surface area contributed by atoms with Crippen molar-refractivity contribution < 1.29 is 10.1 Å². The van der Waals surface area contributed by atoms with Crippen molar-refractivity contribution in [3.05, 3.63) is 0 Å². The lowest BCUT2D eigenvalue weighted by Crippen LogP contribution is -2.50. The molecule has 0 amide bonds. The van der Waals surface area contributed by atoms with Gasteiger partial charge in [0.2, 0.25) is 0 Å². The molecule has 1 heterocycles. The van der Waals surface area contributed by atoms with E-state index in [1.807, 2.05) is 0 Å². The fourth-order valence-electron chi connectivity index (χ4n) is 1.63. The molecule has 1 N–H and O–H groups in total. The summed E-state index contributed by atoms with van der Waals surface area (Å²) >= 11 is 0. The van der Waals surface area contributed by atoms with Crippen molar-refractivity contribution in [3.63, 3.8) is 0 Å². The van der Waals surface area contributed by atoms with Gasteiger partial charge in [0.15, 0.2) is 5.54 Å². The third-order valence-corrected chi connectivity index (χ3v) is 3.71. The van der Waals surface area contributed by atoms with E-state index in [4.69, 9.17) is 0 Å². The molecule has 0 aromatic carbocycles. The molecule has 0 aromatic rings. The molecule has 2 heteroatoms. The van der Waals surface area contributed by atoms with Gasteiger partial charge in [-0.3, -0.25) is 0 Å². The van der Waals surface area contributed by atoms with Crippen LogP contribution in [0.3, 0.4) is 0 Å². The smallest absolute Gasteiger partial charge is 0.161 e. The second-order valence-corrected chi connectivity index (χ2v) is 4.78. The Balaban J connectivity index is 0.00000121. The van der Waals surface area contributed by atoms with E-state index in [0.29, 0.717) is 11.0 Å². The van der Waals surface area contributed by atoms with E-state index in [-0.39, 0.29) is 5.48 Å². The summed E-state index contributed by atoms with van der Waals surface area (Å²) < 4.78 is 2.36. The maximum absolute atomic E-state index is 2.36. The predicted molar refractivity (Wildman–Crippen MR) is 51.3 cm³/mol. The highest BCUT2D eigenvalue weighted by atomic mass is 16.0. The van der Waals surface area contributed by atoms with E-state index < -0.39 is 0 Å². The van der Waals surface area contributed by atoms with E-state index in [9.17, 15) is 0 Å². The Hall–Kier alpha value is -0.370. The van der Waals surface area contributed by atoms with Crippen molar-refractivity contribution in [1.29, 1.82) is 0 Å². The summed E-state index contributed by atoms with van der Waals surface area (Å²) in [5.74, 6) is 0. The molecule has 0 radical (unpaired) electrons. The van der Waals surface area contributed by atoms with Gasteiger partial charge in [-0.2, -0.15) is 0 Å². The van der Waals surface area contributed by atoms with Gasteiger partial charge in [-0.15, -0.1) is 0 Å². The molecule has 0 atom stereocenters. The van der Waals surface area contributed by atoms with Crippen LogP contribution in [0.5, 0.6) is 0 Å². The number of rotatable bonds is 0. The SMILES string of the molecule is C[N+]1=CCCC(C)(C)C1(C)C.[OH-]. The fraction of sp³-hybridized carbons (Fsp3) is 0.900. The zero-order chi connectivity index (χ0) is 8.70. The molecular formula is C10H21NO. The normalized spacial score (nSPS) is 25.6. The van der Waals surface area contributed by atoms with E-state index >= 15 is 0 Å². The number of nitrogens with zero attached hydrogens (tertiary/aromatic N) is 1. The van der Waals surface area contributed by atoms with Gasteiger partial charge >= 0.3 is 0 Å². The van der Waals surface area contributed by atoms with Crippen LogP contribution < -0.4 is 0 Å². The molecule has 0 unspecified atom stereocenters. The molecule has 12 heavy (non-hydrogen) atoms. The predicted octanol–water partition coefficient (Wildman–Crippen LogP) is 2.12. The lowest BCUT2D eigenvalue weighted by molar-refractivity contribution is -0.597. The molecule has 0 saturated carbocycles. The third kappa shape index (κ3) is 1.53. The van der Waals surface area contributed by atoms with Crippen LogP contribution in [0.2, 0.25) is 0 Å². The van der Waals surface area contributed by atoms with Crippen molar-refractivity contribution in [3.8, 4) is 0 Å². The molecule has 1 aliphatic rings. The number of hydrogen-bond donors (Lipinski definition) is 0. The first-order chi connectivity index (χ1) is 4.88. The van der Waals surface area contributed by atoms with Gasteiger partial charge in [0.25, 0.3) is 0 Å². The molecule has 0 spiro atoms. The zero-order valence-electron chi connectivity index (χ0n) is 8.89. The standard InChI is InChI=1S/C10H20N.H2O/c1-9(2)7-6-8-11(5)10(9,3)4;/h8H,6-7H2,1-5H3;1H2/q+1;/p-1. The highest BCUT2D eigenvalue weighted by Gasteiger charge is 2.46. The largest absolute Gasteiger partial charge is 0.870 e. The van der Waals surface area contributed by atoms with Gasteiger partial charge in [-0.05, 0) is 6.42 Å². The summed E-state index contributed by atoms with van der Waals surface area (Å²) in [6, 6.07) is 0. The van der Waals surface area contributed by atoms with E-state index in [0.717, 1.165) is 0 Å². The first-order valence-electron chi connectivity index (χ1n) is 4.44. The van der Waals surface area contributed by atoms with Gasteiger partial charge in [0, 0.05) is 25.7 Å². The molecule has 0 saturated heterocycles. The van der Waals surface area contributed by atoms with E-state index in [1.54, 1.807) is 0 Å². The van der Waals surface area contributed by atoms with E-state index in [1.165, 1.54) is 12.8 Å². The van der Waals surface area contributed by atoms with Crippen LogP contribution >= 0.6 is 0 Å². The fourth-order valence-corrected chi connectivity index (χ4v) is 1.63. The molecule has 2 nitrogen and oxygen atoms in total. The van der Waals surface area contributed by atoms with Crippen LogP contribution in [0, 0.1) is 5.41 Å². The first-order valence-corrected chi connectivity index (χ1v) is 4.44. The summed E-state index contributed by atoms with van der Waals surface area (Å²) in [6.45, 7) is 9.36. The highest BCUT2D eigenvalue weighted by molar-refractivity contribution is 5.52. The van der Waals surface area contributed by atoms with Crippen LogP contribution in [0.4, 0.5) is 0 Å². The van der Waals surface area contributed by atoms with Crippen molar-refractivity contribution in [2.24, 2.45) is 5.41 Å². The summed E-state index contributed by atoms with van der Waals surface area (Å²) in [5.41, 5.74) is 0.752. The van der Waals surface area contributed by atoms with Gasteiger partial charge in [-0.25, -0.2) is 4.58 Å². The van der Waals surface area contributed by atoms with Gasteiger partial charge < -0.3 is 5.48 Å². The Kier molecular flexibility index (Phi) is 3.07. The highest BCUT2D eigenvalue weighted by Crippen LogP contribution is 2.39. The molecule has 0 bridgehead atoms. The Bertz CT molecular complexity index is 192. The number of hydrogen-bond acceptors (Lipinski definition) is 1. The summed E-state index contributed by atoms with van der Waals surface area (Å²) in [5, 5.41) is 0. The summed E-state index contributed by atoms with van der Waals surface area (Å²) in [4.78, 5) is 0. The van der Waals surface area contributed by atoms with Crippen LogP contribution in [-0.2, 0) is 0 Å². The van der Waals surface area contributed by atoms with Crippen LogP contribution in [-0.4, -0.2) is 28.9 Å². The summed E-state index contributed by atoms with van der Waals surface area (Å²) in [6.07, 6.45) is 4.85. The Labute approximate surface area is 75.6 Å². The van der Waals surface area contributed by atoms with Gasteiger partial charge in [0.1, 0.15) is 13.3 Å². The molecule has 0 fully saturated rings. The second-order valence-electron chi connectivity index (χ2n) is 4.78. The molecule has 72 valence electrons. The molecule has 1 rings (SSSR count). The summed E-state index contributed by atoms with van der Waals surface area (Å²) in [7, 11) is 2.18. The lowest BCUT2D eigenvalue weighted by Gasteiger charge is -2.39. The minimum atomic E-state index is 0. The quantitative estimate of drug-likeness (QED) is 0.514. The maximum atomic E-state index is 2.36. The Morgan fingerprint density at radius 1 is 1.17 bits per heavy atom. The molecule has 1 aliphatic heterocycles. The molecular weight excluding hydrogens is 150 g/mol. The monoisotopic (exact) mass is 171 g/mol. The Morgan fingerprint density at radius 2 is 1.67 bits per heavy atom. The molecule has 0 aromatic heterocycles. The molecule has 0 aliphatic carbocycles. The Morgan fingerprint density at radius 3 is 2.00 bits per heavy atom. The van der Waals surface area contributed by atoms with Crippen molar-refractivity contribution in [2.75, 3.05) is 7.05 Å². The topological polar surface area (TPSA) is 33.0 Å².